The predicted octanol–water partition coefficient (Wildman–Crippen LogP) is 2.90. The second kappa shape index (κ2) is 6.05. The Labute approximate surface area is 145 Å². The largest absolute Gasteiger partial charge is 0.495 e. The van der Waals surface area contributed by atoms with Crippen LogP contribution in [0.2, 0.25) is 0 Å². The van der Waals surface area contributed by atoms with Gasteiger partial charge in [0.1, 0.15) is 22.9 Å². The van der Waals surface area contributed by atoms with Crippen molar-refractivity contribution in [3.05, 3.63) is 42.1 Å². The highest BCUT2D eigenvalue weighted by Gasteiger charge is 2.24. The topological polar surface area (TPSA) is 81.7 Å². The molecule has 1 aromatic carbocycles. The van der Waals surface area contributed by atoms with Crippen molar-refractivity contribution in [2.75, 3.05) is 18.2 Å². The zero-order chi connectivity index (χ0) is 16.0. The van der Waals surface area contributed by atoms with Gasteiger partial charge >= 0.3 is 0 Å². The minimum absolute atomic E-state index is 0. The van der Waals surface area contributed by atoms with Crippen molar-refractivity contribution in [1.82, 2.24) is 9.38 Å². The summed E-state index contributed by atoms with van der Waals surface area (Å²) >= 11 is 0. The summed E-state index contributed by atoms with van der Waals surface area (Å²) in [5.41, 5.74) is 10.5. The van der Waals surface area contributed by atoms with Crippen LogP contribution >= 0.6 is 12.4 Å². The van der Waals surface area contributed by atoms with Crippen molar-refractivity contribution in [3.63, 3.8) is 0 Å². The van der Waals surface area contributed by atoms with Crippen LogP contribution in [0.15, 0.2) is 36.5 Å². The van der Waals surface area contributed by atoms with Crippen molar-refractivity contribution in [2.45, 2.75) is 12.8 Å². The fourth-order valence-corrected chi connectivity index (χ4v) is 3.07. The average Bonchev–Trinajstić information content (AvgIpc) is 2.91. The summed E-state index contributed by atoms with van der Waals surface area (Å²) in [6.07, 6.45) is 2.97. The normalized spacial score (nSPS) is 13.1. The van der Waals surface area contributed by atoms with E-state index in [1.165, 1.54) is 0 Å². The van der Waals surface area contributed by atoms with Crippen molar-refractivity contribution in [1.29, 1.82) is 0 Å². The fourth-order valence-electron chi connectivity index (χ4n) is 3.07. The fraction of sp³-hybridized carbons (Fsp3) is 0.176. The summed E-state index contributed by atoms with van der Waals surface area (Å²) in [6, 6.07) is 9.54. The number of nitrogens with zero attached hydrogens (tertiary/aromatic N) is 2. The van der Waals surface area contributed by atoms with Gasteiger partial charge in [-0.15, -0.1) is 12.4 Å². The first-order valence-corrected chi connectivity index (χ1v) is 7.41. The van der Waals surface area contributed by atoms with Gasteiger partial charge in [-0.25, -0.2) is 4.98 Å². The number of nitrogens with one attached hydrogen (secondary N) is 1. The van der Waals surface area contributed by atoms with Crippen LogP contribution in [0.5, 0.6) is 5.75 Å². The van der Waals surface area contributed by atoms with E-state index in [0.29, 0.717) is 24.4 Å². The number of imidazole rings is 1. The molecule has 0 saturated heterocycles. The number of nitrogen functional groups attached to an aromatic ring is 1. The number of amides is 1. The van der Waals surface area contributed by atoms with Crippen LogP contribution in [0.25, 0.3) is 16.9 Å². The Balaban J connectivity index is 0.00000169. The van der Waals surface area contributed by atoms with Crippen LogP contribution in [-0.2, 0) is 11.2 Å². The first kappa shape index (κ1) is 16.1. The van der Waals surface area contributed by atoms with Crippen molar-refractivity contribution in [3.8, 4) is 17.0 Å². The maximum absolute atomic E-state index is 11.7. The number of halogens is 1. The molecule has 4 rings (SSSR count). The second-order valence-corrected chi connectivity index (χ2v) is 5.49. The molecule has 0 atom stereocenters. The van der Waals surface area contributed by atoms with Gasteiger partial charge in [0.05, 0.1) is 12.8 Å². The Morgan fingerprint density at radius 2 is 2.08 bits per heavy atom. The van der Waals surface area contributed by atoms with Crippen LogP contribution in [0.3, 0.4) is 0 Å². The molecular formula is C17H17ClN4O2. The lowest BCUT2D eigenvalue weighted by atomic mass is 9.94. The number of benzene rings is 1. The first-order chi connectivity index (χ1) is 11.2. The summed E-state index contributed by atoms with van der Waals surface area (Å²) in [4.78, 5) is 16.4. The van der Waals surface area contributed by atoms with E-state index in [1.54, 1.807) is 7.11 Å². The lowest BCUT2D eigenvalue weighted by molar-refractivity contribution is -0.116. The van der Waals surface area contributed by atoms with Crippen LogP contribution in [0, 0.1) is 0 Å². The zero-order valence-corrected chi connectivity index (χ0v) is 13.9. The molecule has 0 spiro atoms. The van der Waals surface area contributed by atoms with Gasteiger partial charge in [0.25, 0.3) is 0 Å². The number of methoxy groups -OCH3 is 1. The summed E-state index contributed by atoms with van der Waals surface area (Å²) in [5, 5.41) is 2.90. The van der Waals surface area contributed by atoms with Gasteiger partial charge in [-0.05, 0) is 36.2 Å². The maximum atomic E-state index is 11.7. The van der Waals surface area contributed by atoms with Gasteiger partial charge < -0.3 is 15.8 Å². The predicted molar refractivity (Wildman–Crippen MR) is 95.8 cm³/mol. The van der Waals surface area contributed by atoms with Gasteiger partial charge in [0, 0.05) is 18.2 Å². The van der Waals surface area contributed by atoms with Gasteiger partial charge in [-0.1, -0.05) is 6.07 Å². The third kappa shape index (κ3) is 2.35. The number of nitrogens with two attached hydrogens (primary N) is 1. The highest BCUT2D eigenvalue weighted by molar-refractivity contribution is 5.98. The number of rotatable bonds is 2. The molecule has 1 amide bonds. The standard InChI is InChI=1S/C17H16N4O2.ClH/c1-23-12-7-5-11(10-6-8-14(22)20-15(10)12)16-17(18)21-9-3-2-4-13(21)19-16;/h2-5,7,9H,6,8,18H2,1H3,(H,20,22);1H. The second-order valence-electron chi connectivity index (χ2n) is 5.49. The quantitative estimate of drug-likeness (QED) is 0.749. The molecule has 6 nitrogen and oxygen atoms in total. The molecule has 24 heavy (non-hydrogen) atoms. The number of pyridine rings is 1. The molecule has 1 aliphatic heterocycles. The summed E-state index contributed by atoms with van der Waals surface area (Å²) < 4.78 is 7.22. The number of ether oxygens (including phenoxy) is 1. The van der Waals surface area contributed by atoms with E-state index in [-0.39, 0.29) is 18.3 Å². The van der Waals surface area contributed by atoms with Crippen molar-refractivity contribution >= 4 is 35.5 Å². The third-order valence-corrected chi connectivity index (χ3v) is 4.18. The monoisotopic (exact) mass is 344 g/mol. The van der Waals surface area contributed by atoms with E-state index in [2.05, 4.69) is 10.3 Å². The van der Waals surface area contributed by atoms with Gasteiger partial charge in [0.15, 0.2) is 0 Å². The molecule has 0 radical (unpaired) electrons. The average molecular weight is 345 g/mol. The molecule has 3 N–H and O–H groups in total. The Morgan fingerprint density at radius 1 is 1.25 bits per heavy atom. The summed E-state index contributed by atoms with van der Waals surface area (Å²) in [7, 11) is 1.59. The van der Waals surface area contributed by atoms with Gasteiger partial charge in [-0.2, -0.15) is 0 Å². The smallest absolute Gasteiger partial charge is 0.224 e. The molecule has 7 heteroatoms. The number of aromatic nitrogens is 2. The minimum atomic E-state index is -0.00377. The van der Waals surface area contributed by atoms with Crippen LogP contribution in [0.4, 0.5) is 11.5 Å². The first-order valence-electron chi connectivity index (χ1n) is 7.41. The number of hydrogen-bond acceptors (Lipinski definition) is 4. The number of anilines is 2. The number of carbonyl (C=O) groups is 1. The minimum Gasteiger partial charge on any atom is -0.495 e. The van der Waals surface area contributed by atoms with Crippen molar-refractivity contribution in [2.24, 2.45) is 0 Å². The Hall–Kier alpha value is -2.73. The molecule has 3 aromatic rings. The number of hydrogen-bond donors (Lipinski definition) is 2. The van der Waals surface area contributed by atoms with E-state index >= 15 is 0 Å². The van der Waals surface area contributed by atoms with E-state index in [0.717, 1.165) is 28.2 Å². The molecule has 0 unspecified atom stereocenters. The lowest BCUT2D eigenvalue weighted by Gasteiger charge is -2.22. The molecule has 0 fully saturated rings. The molecular weight excluding hydrogens is 328 g/mol. The Morgan fingerprint density at radius 3 is 2.83 bits per heavy atom. The molecule has 0 aliphatic carbocycles. The van der Waals surface area contributed by atoms with Crippen molar-refractivity contribution < 1.29 is 9.53 Å². The van der Waals surface area contributed by atoms with Crippen LogP contribution in [0.1, 0.15) is 12.0 Å². The van der Waals surface area contributed by atoms with E-state index in [9.17, 15) is 4.79 Å². The molecule has 3 heterocycles. The lowest BCUT2D eigenvalue weighted by Crippen LogP contribution is -2.20. The molecule has 0 bridgehead atoms. The van der Waals surface area contributed by atoms with E-state index in [1.807, 2.05) is 40.9 Å². The Kier molecular flexibility index (Phi) is 4.07. The van der Waals surface area contributed by atoms with E-state index < -0.39 is 0 Å². The zero-order valence-electron chi connectivity index (χ0n) is 13.1. The van der Waals surface area contributed by atoms with E-state index in [4.69, 9.17) is 10.5 Å². The van der Waals surface area contributed by atoms with Crippen LogP contribution < -0.4 is 15.8 Å². The summed E-state index contributed by atoms with van der Waals surface area (Å²) in [5.74, 6) is 1.24. The maximum Gasteiger partial charge on any atom is 0.224 e. The Bertz CT molecular complexity index is 936. The summed E-state index contributed by atoms with van der Waals surface area (Å²) in [6.45, 7) is 0. The van der Waals surface area contributed by atoms with Gasteiger partial charge in [-0.3, -0.25) is 9.20 Å². The molecule has 2 aromatic heterocycles. The SMILES string of the molecule is COc1ccc(-c2nc3ccccn3c2N)c2c1NC(=O)CC2.Cl. The molecule has 124 valence electrons. The highest BCUT2D eigenvalue weighted by Crippen LogP contribution is 2.40. The molecule has 1 aliphatic rings. The highest BCUT2D eigenvalue weighted by atomic mass is 35.5. The number of fused-ring (bicyclic) bond motifs is 2. The van der Waals surface area contributed by atoms with Crippen LogP contribution in [-0.4, -0.2) is 22.4 Å². The third-order valence-electron chi connectivity index (χ3n) is 4.18. The number of carbonyl (C=O) groups excluding carboxylic acids is 1. The molecule has 0 saturated carbocycles. The van der Waals surface area contributed by atoms with Gasteiger partial charge in [0.2, 0.25) is 5.91 Å².